The lowest BCUT2D eigenvalue weighted by molar-refractivity contribution is 0.646. The van der Waals surface area contributed by atoms with Crippen molar-refractivity contribution < 1.29 is 0 Å². The van der Waals surface area contributed by atoms with Crippen molar-refractivity contribution in [3.8, 4) is 0 Å². The first kappa shape index (κ1) is 14.5. The van der Waals surface area contributed by atoms with Crippen LogP contribution in [0.3, 0.4) is 0 Å². The van der Waals surface area contributed by atoms with Crippen molar-refractivity contribution in [2.24, 2.45) is 0 Å². The summed E-state index contributed by atoms with van der Waals surface area (Å²) in [5, 5.41) is 1.36. The van der Waals surface area contributed by atoms with E-state index in [2.05, 4.69) is 37.4 Å². The van der Waals surface area contributed by atoms with Gasteiger partial charge in [0.2, 0.25) is 0 Å². The normalized spacial score (nSPS) is 11.7. The Kier molecular flexibility index (Phi) is 3.45. The van der Waals surface area contributed by atoms with E-state index in [1.165, 1.54) is 0 Å². The van der Waals surface area contributed by atoms with Crippen LogP contribution in [0.15, 0.2) is 45.9 Å². The quantitative estimate of drug-likeness (QED) is 0.536. The van der Waals surface area contributed by atoms with Crippen molar-refractivity contribution in [1.82, 2.24) is 14.5 Å². The van der Waals surface area contributed by atoms with Crippen LogP contribution >= 0.6 is 15.9 Å². The minimum absolute atomic E-state index is 0.0348. The van der Waals surface area contributed by atoms with E-state index in [1.807, 2.05) is 36.7 Å². The number of halogens is 1. The van der Waals surface area contributed by atoms with Gasteiger partial charge in [0.1, 0.15) is 5.52 Å². The second-order valence-electron chi connectivity index (χ2n) is 5.79. The number of pyridine rings is 1. The highest BCUT2D eigenvalue weighted by molar-refractivity contribution is 9.10. The number of hydrogen-bond donors (Lipinski definition) is 1. The summed E-state index contributed by atoms with van der Waals surface area (Å²) >= 11 is 3.45. The Morgan fingerprint density at radius 3 is 2.91 bits per heavy atom. The monoisotopic (exact) mass is 369 g/mol. The lowest BCUT2D eigenvalue weighted by Gasteiger charge is -2.06. The molecular formula is C18H16BrN3O. The topological polar surface area (TPSA) is 50.7 Å². The Morgan fingerprint density at radius 1 is 1.22 bits per heavy atom. The van der Waals surface area contributed by atoms with Gasteiger partial charge in [0.15, 0.2) is 5.43 Å². The van der Waals surface area contributed by atoms with Crippen LogP contribution in [0.25, 0.3) is 32.8 Å². The maximum atomic E-state index is 13.0. The zero-order chi connectivity index (χ0) is 16.0. The van der Waals surface area contributed by atoms with E-state index < -0.39 is 0 Å². The number of nitrogens with zero attached hydrogens (tertiary/aromatic N) is 2. The predicted octanol–water partition coefficient (Wildman–Crippen LogP) is 4.59. The number of nitrogens with one attached hydrogen (secondary N) is 1. The highest BCUT2D eigenvalue weighted by Crippen LogP contribution is 2.24. The van der Waals surface area contributed by atoms with Crippen molar-refractivity contribution >= 4 is 48.8 Å². The maximum Gasteiger partial charge on any atom is 0.199 e. The summed E-state index contributed by atoms with van der Waals surface area (Å²) < 4.78 is 3.08. The third-order valence-corrected chi connectivity index (χ3v) is 4.76. The number of H-pyrrole nitrogens is 1. The van der Waals surface area contributed by atoms with Crippen molar-refractivity contribution in [2.45, 2.75) is 26.3 Å². The van der Waals surface area contributed by atoms with Crippen molar-refractivity contribution in [1.29, 1.82) is 0 Å². The van der Waals surface area contributed by atoms with Gasteiger partial charge in [-0.15, -0.1) is 0 Å². The first-order chi connectivity index (χ1) is 11.2. The average Bonchev–Trinajstić information content (AvgIpc) is 2.95. The lowest BCUT2D eigenvalue weighted by atomic mass is 10.1. The van der Waals surface area contributed by atoms with Crippen LogP contribution in [-0.2, 0) is 6.54 Å². The molecule has 23 heavy (non-hydrogen) atoms. The van der Waals surface area contributed by atoms with Crippen LogP contribution in [0, 0.1) is 0 Å². The highest BCUT2D eigenvalue weighted by Gasteiger charge is 2.12. The van der Waals surface area contributed by atoms with E-state index in [-0.39, 0.29) is 5.43 Å². The number of unbranched alkanes of at least 4 members (excludes halogenated alkanes) is 1. The molecular weight excluding hydrogens is 354 g/mol. The van der Waals surface area contributed by atoms with Gasteiger partial charge in [-0.05, 0) is 36.8 Å². The Balaban J connectivity index is 2.07. The van der Waals surface area contributed by atoms with E-state index in [0.717, 1.165) is 45.9 Å². The van der Waals surface area contributed by atoms with E-state index in [1.54, 1.807) is 0 Å². The number of hydrogen-bond acceptors (Lipinski definition) is 2. The standard InChI is InChI=1S/C18H16BrN3O/c1-2-3-8-22-10-20-17-15(22)7-6-13-16(17)18(23)12-5-4-11(19)9-14(12)21-13/h4-7,9-10H,2-3,8H2,1H3,(H,21,23). The highest BCUT2D eigenvalue weighted by atomic mass is 79.9. The molecule has 0 spiro atoms. The number of fused-ring (bicyclic) bond motifs is 4. The molecule has 5 heteroatoms. The van der Waals surface area contributed by atoms with E-state index in [4.69, 9.17) is 0 Å². The fourth-order valence-corrected chi connectivity index (χ4v) is 3.43. The molecule has 0 atom stereocenters. The predicted molar refractivity (Wildman–Crippen MR) is 98.0 cm³/mol. The zero-order valence-electron chi connectivity index (χ0n) is 12.8. The summed E-state index contributed by atoms with van der Waals surface area (Å²) in [6.45, 7) is 3.10. The van der Waals surface area contributed by atoms with Crippen LogP contribution in [-0.4, -0.2) is 14.5 Å². The third-order valence-electron chi connectivity index (χ3n) is 4.27. The van der Waals surface area contributed by atoms with Crippen LogP contribution in [0.5, 0.6) is 0 Å². The number of aryl methyl sites for hydroxylation is 1. The summed E-state index contributed by atoms with van der Waals surface area (Å²) in [7, 11) is 0. The van der Waals surface area contributed by atoms with Gasteiger partial charge in [-0.2, -0.15) is 0 Å². The SMILES string of the molecule is CCCCn1cnc2c3c(=O)c4ccc(Br)cc4[nH]c3ccc21. The lowest BCUT2D eigenvalue weighted by Crippen LogP contribution is -2.05. The molecule has 2 aromatic heterocycles. The van der Waals surface area contributed by atoms with Gasteiger partial charge in [-0.1, -0.05) is 29.3 Å². The van der Waals surface area contributed by atoms with Gasteiger partial charge in [0.25, 0.3) is 0 Å². The van der Waals surface area contributed by atoms with Crippen molar-refractivity contribution in [3.05, 3.63) is 51.4 Å². The fourth-order valence-electron chi connectivity index (χ4n) is 3.07. The molecule has 0 amide bonds. The van der Waals surface area contributed by atoms with Gasteiger partial charge in [-0.3, -0.25) is 4.79 Å². The van der Waals surface area contributed by atoms with Crippen molar-refractivity contribution in [2.75, 3.05) is 0 Å². The summed E-state index contributed by atoms with van der Waals surface area (Å²) in [5.41, 5.74) is 3.50. The largest absolute Gasteiger partial charge is 0.354 e. The Hall–Kier alpha value is -2.14. The third kappa shape index (κ3) is 2.27. The first-order valence-corrected chi connectivity index (χ1v) is 8.57. The second-order valence-corrected chi connectivity index (χ2v) is 6.71. The summed E-state index contributed by atoms with van der Waals surface area (Å²) in [6, 6.07) is 9.69. The van der Waals surface area contributed by atoms with Crippen LogP contribution in [0.2, 0.25) is 0 Å². The summed E-state index contributed by atoms with van der Waals surface area (Å²) in [6.07, 6.45) is 4.07. The average molecular weight is 370 g/mol. The van der Waals surface area contributed by atoms with Crippen molar-refractivity contribution in [3.63, 3.8) is 0 Å². The van der Waals surface area contributed by atoms with Crippen LogP contribution < -0.4 is 5.43 Å². The number of aromatic nitrogens is 3. The zero-order valence-corrected chi connectivity index (χ0v) is 14.4. The molecule has 0 aliphatic rings. The molecule has 2 heterocycles. The number of rotatable bonds is 3. The molecule has 0 aliphatic heterocycles. The number of benzene rings is 2. The fraction of sp³-hybridized carbons (Fsp3) is 0.222. The van der Waals surface area contributed by atoms with E-state index >= 15 is 0 Å². The molecule has 0 unspecified atom stereocenters. The molecule has 0 bridgehead atoms. The van der Waals surface area contributed by atoms with Gasteiger partial charge in [-0.25, -0.2) is 4.98 Å². The Labute approximate surface area is 141 Å². The molecule has 4 aromatic rings. The first-order valence-electron chi connectivity index (χ1n) is 7.78. The minimum Gasteiger partial charge on any atom is -0.354 e. The molecule has 0 radical (unpaired) electrons. The van der Waals surface area contributed by atoms with Gasteiger partial charge >= 0.3 is 0 Å². The number of imidazole rings is 1. The Bertz CT molecular complexity index is 1090. The van der Waals surface area contributed by atoms with Gasteiger partial charge < -0.3 is 9.55 Å². The molecule has 0 saturated carbocycles. The molecule has 4 nitrogen and oxygen atoms in total. The van der Waals surface area contributed by atoms with Crippen LogP contribution in [0.1, 0.15) is 19.8 Å². The summed E-state index contributed by atoms with van der Waals surface area (Å²) in [4.78, 5) is 20.8. The molecule has 2 aromatic carbocycles. The molecule has 0 saturated heterocycles. The Morgan fingerprint density at radius 2 is 2.09 bits per heavy atom. The summed E-state index contributed by atoms with van der Waals surface area (Å²) in [5.74, 6) is 0. The number of aromatic amines is 1. The minimum atomic E-state index is 0.0348. The maximum absolute atomic E-state index is 13.0. The second kappa shape index (κ2) is 5.49. The van der Waals surface area contributed by atoms with Gasteiger partial charge in [0.05, 0.1) is 28.3 Å². The molecule has 0 fully saturated rings. The molecule has 0 aliphatic carbocycles. The molecule has 4 rings (SSSR count). The molecule has 1 N–H and O–H groups in total. The van der Waals surface area contributed by atoms with E-state index in [9.17, 15) is 4.79 Å². The van der Waals surface area contributed by atoms with Crippen LogP contribution in [0.4, 0.5) is 0 Å². The molecule has 116 valence electrons. The smallest absolute Gasteiger partial charge is 0.199 e. The van der Waals surface area contributed by atoms with Gasteiger partial charge in [0, 0.05) is 16.4 Å². The van der Waals surface area contributed by atoms with E-state index in [0.29, 0.717) is 10.8 Å².